The number of nitrogens with zero attached hydrogens (tertiary/aromatic N) is 2. The topological polar surface area (TPSA) is 42.4 Å². The van der Waals surface area contributed by atoms with E-state index >= 15 is 0 Å². The maximum absolute atomic E-state index is 11.6. The third kappa shape index (κ3) is 3.09. The Hall–Kier alpha value is -0.810. The fourth-order valence-electron chi connectivity index (χ4n) is 2.86. The Bertz CT molecular complexity index is 478. The molecule has 1 aliphatic rings. The molecule has 1 aromatic heterocycles. The van der Waals surface area contributed by atoms with Gasteiger partial charge in [0.05, 0.1) is 7.11 Å². The lowest BCUT2D eigenvalue weighted by Gasteiger charge is -2.40. The van der Waals surface area contributed by atoms with Crippen molar-refractivity contribution >= 4 is 34.0 Å². The van der Waals surface area contributed by atoms with Crippen molar-refractivity contribution in [3.8, 4) is 0 Å². The zero-order chi connectivity index (χ0) is 14.7. The van der Waals surface area contributed by atoms with E-state index < -0.39 is 5.97 Å². The summed E-state index contributed by atoms with van der Waals surface area (Å²) in [4.78, 5) is 18.7. The highest BCUT2D eigenvalue weighted by Crippen LogP contribution is 2.36. The molecule has 2 rings (SSSR count). The molecule has 0 aliphatic carbocycles. The molecule has 1 fully saturated rings. The Morgan fingerprint density at radius 1 is 1.60 bits per heavy atom. The number of rotatable bonds is 4. The first-order valence-corrected chi connectivity index (χ1v) is 8.29. The SMILES string of the molecule is CCCC1C(C)CCCN1c1nc(Cl)c(C(=O)OC)s1. The van der Waals surface area contributed by atoms with Crippen LogP contribution < -0.4 is 4.90 Å². The number of halogens is 1. The molecule has 2 heterocycles. The van der Waals surface area contributed by atoms with Crippen LogP contribution in [0.4, 0.5) is 5.13 Å². The van der Waals surface area contributed by atoms with Crippen molar-refractivity contribution < 1.29 is 9.53 Å². The van der Waals surface area contributed by atoms with Gasteiger partial charge in [0.2, 0.25) is 0 Å². The summed E-state index contributed by atoms with van der Waals surface area (Å²) in [5.74, 6) is 0.240. The lowest BCUT2D eigenvalue weighted by Crippen LogP contribution is -2.44. The fourth-order valence-corrected chi connectivity index (χ4v) is 4.14. The Morgan fingerprint density at radius 3 is 3.00 bits per heavy atom. The molecule has 1 saturated heterocycles. The van der Waals surface area contributed by atoms with Crippen LogP contribution in [0.5, 0.6) is 0 Å². The molecule has 4 nitrogen and oxygen atoms in total. The first kappa shape index (κ1) is 15.6. The van der Waals surface area contributed by atoms with Crippen LogP contribution in [0.15, 0.2) is 0 Å². The molecule has 1 aliphatic heterocycles. The van der Waals surface area contributed by atoms with Gasteiger partial charge in [0.25, 0.3) is 0 Å². The molecule has 0 bridgehead atoms. The number of carbonyl (C=O) groups excluding carboxylic acids is 1. The number of ether oxygens (including phenoxy) is 1. The first-order chi connectivity index (χ1) is 9.58. The van der Waals surface area contributed by atoms with Crippen LogP contribution >= 0.6 is 22.9 Å². The van der Waals surface area contributed by atoms with E-state index in [4.69, 9.17) is 16.3 Å². The number of methoxy groups -OCH3 is 1. The van der Waals surface area contributed by atoms with Gasteiger partial charge in [-0.05, 0) is 25.2 Å². The summed E-state index contributed by atoms with van der Waals surface area (Å²) in [5.41, 5.74) is 0. The van der Waals surface area contributed by atoms with Crippen LogP contribution in [0, 0.1) is 5.92 Å². The molecule has 112 valence electrons. The molecule has 0 radical (unpaired) electrons. The second kappa shape index (κ2) is 6.76. The molecule has 2 atom stereocenters. The summed E-state index contributed by atoms with van der Waals surface area (Å²) in [7, 11) is 1.36. The van der Waals surface area contributed by atoms with Crippen molar-refractivity contribution in [1.29, 1.82) is 0 Å². The van der Waals surface area contributed by atoms with Gasteiger partial charge in [-0.15, -0.1) is 0 Å². The van der Waals surface area contributed by atoms with Crippen molar-refractivity contribution in [2.45, 2.75) is 45.6 Å². The van der Waals surface area contributed by atoms with Gasteiger partial charge in [0.1, 0.15) is 0 Å². The summed E-state index contributed by atoms with van der Waals surface area (Å²) >= 11 is 7.41. The normalized spacial score (nSPS) is 22.9. The highest BCUT2D eigenvalue weighted by Gasteiger charge is 2.31. The van der Waals surface area contributed by atoms with E-state index in [9.17, 15) is 4.79 Å². The number of hydrogen-bond donors (Lipinski definition) is 0. The lowest BCUT2D eigenvalue weighted by atomic mass is 9.88. The van der Waals surface area contributed by atoms with Gasteiger partial charge >= 0.3 is 5.97 Å². The quantitative estimate of drug-likeness (QED) is 0.788. The first-order valence-electron chi connectivity index (χ1n) is 7.09. The lowest BCUT2D eigenvalue weighted by molar-refractivity contribution is 0.0606. The average molecular weight is 317 g/mol. The van der Waals surface area contributed by atoms with Gasteiger partial charge in [-0.3, -0.25) is 0 Å². The zero-order valence-electron chi connectivity index (χ0n) is 12.2. The Labute approximate surface area is 129 Å². The minimum Gasteiger partial charge on any atom is -0.465 e. The maximum atomic E-state index is 11.6. The Morgan fingerprint density at radius 2 is 2.35 bits per heavy atom. The van der Waals surface area contributed by atoms with Gasteiger partial charge < -0.3 is 9.64 Å². The van der Waals surface area contributed by atoms with Crippen molar-refractivity contribution in [3.63, 3.8) is 0 Å². The van der Waals surface area contributed by atoms with Gasteiger partial charge in [-0.25, -0.2) is 9.78 Å². The number of hydrogen-bond acceptors (Lipinski definition) is 5. The molecule has 1 aromatic rings. The third-order valence-electron chi connectivity index (χ3n) is 3.89. The Kier molecular flexibility index (Phi) is 5.27. The second-order valence-electron chi connectivity index (χ2n) is 5.28. The number of aromatic nitrogens is 1. The van der Waals surface area contributed by atoms with E-state index in [-0.39, 0.29) is 5.15 Å². The maximum Gasteiger partial charge on any atom is 0.351 e. The van der Waals surface area contributed by atoms with E-state index in [0.29, 0.717) is 16.8 Å². The largest absolute Gasteiger partial charge is 0.465 e. The van der Waals surface area contributed by atoms with E-state index in [2.05, 4.69) is 23.7 Å². The number of piperidine rings is 1. The number of thiazole rings is 1. The predicted molar refractivity (Wildman–Crippen MR) is 82.9 cm³/mol. The summed E-state index contributed by atoms with van der Waals surface area (Å²) in [6, 6.07) is 0.487. The Balaban J connectivity index is 2.26. The highest BCUT2D eigenvalue weighted by atomic mass is 35.5. The molecular weight excluding hydrogens is 296 g/mol. The minimum absolute atomic E-state index is 0.255. The number of anilines is 1. The third-order valence-corrected chi connectivity index (χ3v) is 5.35. The second-order valence-corrected chi connectivity index (χ2v) is 6.61. The van der Waals surface area contributed by atoms with Crippen molar-refractivity contribution in [2.24, 2.45) is 5.92 Å². The summed E-state index contributed by atoms with van der Waals surface area (Å²) in [6.07, 6.45) is 4.71. The minimum atomic E-state index is -0.407. The van der Waals surface area contributed by atoms with Gasteiger partial charge in [0.15, 0.2) is 15.2 Å². The highest BCUT2D eigenvalue weighted by molar-refractivity contribution is 7.18. The van der Waals surface area contributed by atoms with Crippen LogP contribution in [-0.2, 0) is 4.74 Å². The molecular formula is C14H21ClN2O2S. The molecule has 0 saturated carbocycles. The number of carbonyl (C=O) groups is 1. The van der Waals surface area contributed by atoms with E-state index in [1.165, 1.54) is 24.9 Å². The van der Waals surface area contributed by atoms with Crippen molar-refractivity contribution in [3.05, 3.63) is 10.0 Å². The van der Waals surface area contributed by atoms with Crippen LogP contribution in [0.3, 0.4) is 0 Å². The average Bonchev–Trinajstić information content (AvgIpc) is 2.82. The van der Waals surface area contributed by atoms with E-state index in [1.807, 2.05) is 0 Å². The summed E-state index contributed by atoms with van der Waals surface area (Å²) < 4.78 is 4.74. The van der Waals surface area contributed by atoms with Crippen molar-refractivity contribution in [2.75, 3.05) is 18.6 Å². The summed E-state index contributed by atoms with van der Waals surface area (Å²) in [6.45, 7) is 5.48. The molecule has 0 amide bonds. The molecule has 0 N–H and O–H groups in total. The van der Waals surface area contributed by atoms with Gasteiger partial charge in [-0.1, -0.05) is 43.2 Å². The van der Waals surface area contributed by atoms with Gasteiger partial charge in [-0.2, -0.15) is 0 Å². The van der Waals surface area contributed by atoms with Crippen LogP contribution in [0.2, 0.25) is 5.15 Å². The fraction of sp³-hybridized carbons (Fsp3) is 0.714. The van der Waals surface area contributed by atoms with Crippen LogP contribution in [0.25, 0.3) is 0 Å². The van der Waals surface area contributed by atoms with E-state index in [1.54, 1.807) is 0 Å². The summed E-state index contributed by atoms with van der Waals surface area (Å²) in [5, 5.41) is 1.10. The number of esters is 1. The van der Waals surface area contributed by atoms with Crippen LogP contribution in [0.1, 0.15) is 49.2 Å². The van der Waals surface area contributed by atoms with Gasteiger partial charge in [0, 0.05) is 12.6 Å². The monoisotopic (exact) mass is 316 g/mol. The molecule has 0 spiro atoms. The molecule has 6 heteroatoms. The van der Waals surface area contributed by atoms with Crippen LogP contribution in [-0.4, -0.2) is 30.6 Å². The predicted octanol–water partition coefficient (Wildman–Crippen LogP) is 3.99. The molecule has 0 aromatic carbocycles. The standard InChI is InChI=1S/C14H21ClN2O2S/c1-4-6-10-9(2)7-5-8-17(10)14-16-12(15)11(20-14)13(18)19-3/h9-10H,4-8H2,1-3H3. The smallest absolute Gasteiger partial charge is 0.351 e. The zero-order valence-corrected chi connectivity index (χ0v) is 13.8. The van der Waals surface area contributed by atoms with Crippen molar-refractivity contribution in [1.82, 2.24) is 4.98 Å². The van der Waals surface area contributed by atoms with E-state index in [0.717, 1.165) is 30.9 Å². The molecule has 2 unspecified atom stereocenters. The molecule has 20 heavy (non-hydrogen) atoms.